The molecule has 232 valence electrons. The quantitative estimate of drug-likeness (QED) is 0.245. The van der Waals surface area contributed by atoms with E-state index in [0.717, 1.165) is 5.57 Å². The summed E-state index contributed by atoms with van der Waals surface area (Å²) in [6.07, 6.45) is -7.52. The normalized spacial score (nSPS) is 21.1. The fraction of sp³-hybridized carbons (Fsp3) is 0.419. The molecule has 0 radical (unpaired) electrons. The Hall–Kier alpha value is -3.80. The number of hydrogen-bond donors (Lipinski definition) is 1. The fourth-order valence-electron chi connectivity index (χ4n) is 5.25. The van der Waals surface area contributed by atoms with Crippen LogP contribution in [0, 0.1) is 5.92 Å². The average Bonchev–Trinajstić information content (AvgIpc) is 2.96. The first-order valence-electron chi connectivity index (χ1n) is 13.7. The van der Waals surface area contributed by atoms with Gasteiger partial charge in [-0.25, -0.2) is 0 Å². The standard InChI is InChI=1S/C31H32F6N2O4/c1-20-4-13-26(27(40)18-20)39(23-7-11-24(42-2)12-8-23)28(41)21-14-16-29(38-19-21,31(35,36)37)22-5-9-25(10-6-22)43-17-3-15-30(32,33)34/h4-13,21,38H,3,14-19H2,1-2H3. The van der Waals surface area contributed by atoms with Crippen LogP contribution in [0.4, 0.5) is 32.0 Å². The summed E-state index contributed by atoms with van der Waals surface area (Å²) in [6, 6.07) is 11.5. The lowest BCUT2D eigenvalue weighted by Crippen LogP contribution is -2.59. The SMILES string of the molecule is COc1ccc(N(C(=O)C2CCC(c3ccc(OCCCC(F)(F)F)cc3)(C(F)(F)F)NC2)C2=CC=C(C)CC2=O)cc1. The summed E-state index contributed by atoms with van der Waals surface area (Å²) in [6.45, 7) is 1.25. The van der Waals surface area contributed by atoms with Crippen LogP contribution in [-0.2, 0) is 15.1 Å². The second-order valence-electron chi connectivity index (χ2n) is 10.6. The van der Waals surface area contributed by atoms with Crippen LogP contribution < -0.4 is 19.7 Å². The molecule has 1 heterocycles. The molecule has 0 spiro atoms. The zero-order chi connectivity index (χ0) is 31.4. The largest absolute Gasteiger partial charge is 0.497 e. The van der Waals surface area contributed by atoms with Gasteiger partial charge in [0.15, 0.2) is 5.78 Å². The minimum Gasteiger partial charge on any atom is -0.497 e. The van der Waals surface area contributed by atoms with Crippen LogP contribution in [0.15, 0.2) is 72.0 Å². The molecular formula is C31H32F6N2O4. The molecule has 1 aliphatic heterocycles. The molecule has 0 bridgehead atoms. The third-order valence-corrected chi connectivity index (χ3v) is 7.61. The highest BCUT2D eigenvalue weighted by molar-refractivity contribution is 6.11. The minimum absolute atomic E-state index is 0.105. The molecule has 2 aromatic carbocycles. The van der Waals surface area contributed by atoms with Crippen molar-refractivity contribution < 1.29 is 45.4 Å². The number of carbonyl (C=O) groups is 2. The highest BCUT2D eigenvalue weighted by Crippen LogP contribution is 2.46. The number of halogens is 6. The first-order valence-corrected chi connectivity index (χ1v) is 13.7. The van der Waals surface area contributed by atoms with Crippen molar-refractivity contribution in [3.63, 3.8) is 0 Å². The Morgan fingerprint density at radius 2 is 1.65 bits per heavy atom. The Labute approximate surface area is 245 Å². The Bertz CT molecular complexity index is 1360. The Balaban J connectivity index is 1.53. The van der Waals surface area contributed by atoms with Crippen LogP contribution >= 0.6 is 0 Å². The van der Waals surface area contributed by atoms with E-state index in [0.29, 0.717) is 11.4 Å². The first kappa shape index (κ1) is 32.1. The van der Waals surface area contributed by atoms with Gasteiger partial charge < -0.3 is 9.47 Å². The van der Waals surface area contributed by atoms with Crippen molar-refractivity contribution in [2.24, 2.45) is 5.92 Å². The van der Waals surface area contributed by atoms with Gasteiger partial charge in [0, 0.05) is 25.1 Å². The van der Waals surface area contributed by atoms with Crippen molar-refractivity contribution in [1.29, 1.82) is 0 Å². The van der Waals surface area contributed by atoms with Gasteiger partial charge in [-0.05, 0) is 74.2 Å². The zero-order valence-corrected chi connectivity index (χ0v) is 23.6. The summed E-state index contributed by atoms with van der Waals surface area (Å²) in [5.41, 5.74) is -1.21. The monoisotopic (exact) mass is 610 g/mol. The number of methoxy groups -OCH3 is 1. The summed E-state index contributed by atoms with van der Waals surface area (Å²) in [5.74, 6) is -0.976. The van der Waals surface area contributed by atoms with Crippen LogP contribution in [0.25, 0.3) is 0 Å². The number of amides is 1. The molecule has 0 aromatic heterocycles. The van der Waals surface area contributed by atoms with Gasteiger partial charge >= 0.3 is 12.4 Å². The zero-order valence-electron chi connectivity index (χ0n) is 23.6. The lowest BCUT2D eigenvalue weighted by molar-refractivity contribution is -0.210. The van der Waals surface area contributed by atoms with Crippen LogP contribution in [0.5, 0.6) is 11.5 Å². The number of allylic oxidation sites excluding steroid dienone is 4. The van der Waals surface area contributed by atoms with Crippen molar-refractivity contribution >= 4 is 17.4 Å². The fourth-order valence-corrected chi connectivity index (χ4v) is 5.25. The number of nitrogens with zero attached hydrogens (tertiary/aromatic N) is 1. The molecule has 0 saturated carbocycles. The molecule has 43 heavy (non-hydrogen) atoms. The van der Waals surface area contributed by atoms with E-state index in [1.807, 2.05) is 0 Å². The highest BCUT2D eigenvalue weighted by atomic mass is 19.4. The van der Waals surface area contributed by atoms with Crippen molar-refractivity contribution in [3.05, 3.63) is 77.5 Å². The van der Waals surface area contributed by atoms with Crippen LogP contribution in [0.2, 0.25) is 0 Å². The van der Waals surface area contributed by atoms with Gasteiger partial charge in [0.1, 0.15) is 17.0 Å². The molecule has 2 atom stereocenters. The van der Waals surface area contributed by atoms with E-state index in [2.05, 4.69) is 5.32 Å². The number of benzene rings is 2. The van der Waals surface area contributed by atoms with E-state index >= 15 is 0 Å². The number of Topliss-reactive ketones (excluding diaryl/α,β-unsaturated/α-hetero) is 1. The predicted octanol–water partition coefficient (Wildman–Crippen LogP) is 7.01. The maximum Gasteiger partial charge on any atom is 0.410 e. The average molecular weight is 611 g/mol. The molecule has 2 unspecified atom stereocenters. The maximum atomic E-state index is 14.6. The number of hydrogen-bond acceptors (Lipinski definition) is 5. The lowest BCUT2D eigenvalue weighted by atomic mass is 9.78. The van der Waals surface area contributed by atoms with Crippen molar-refractivity contribution in [3.8, 4) is 11.5 Å². The molecule has 2 aromatic rings. The molecule has 2 aliphatic rings. The van der Waals surface area contributed by atoms with E-state index in [-0.39, 0.29) is 55.2 Å². The molecule has 12 heteroatoms. The first-order chi connectivity index (χ1) is 20.2. The number of nitrogens with one attached hydrogen (secondary N) is 1. The van der Waals surface area contributed by atoms with Crippen LogP contribution in [0.3, 0.4) is 0 Å². The van der Waals surface area contributed by atoms with E-state index in [4.69, 9.17) is 9.47 Å². The number of rotatable bonds is 9. The van der Waals surface area contributed by atoms with E-state index in [9.17, 15) is 35.9 Å². The molecule has 1 fully saturated rings. The summed E-state index contributed by atoms with van der Waals surface area (Å²) in [4.78, 5) is 28.1. The molecule has 1 amide bonds. The van der Waals surface area contributed by atoms with Crippen LogP contribution in [0.1, 0.15) is 44.6 Å². The molecular weight excluding hydrogens is 578 g/mol. The van der Waals surface area contributed by atoms with Crippen LogP contribution in [-0.4, -0.2) is 44.3 Å². The van der Waals surface area contributed by atoms with E-state index in [1.165, 1.54) is 36.3 Å². The van der Waals surface area contributed by atoms with Gasteiger partial charge in [-0.3, -0.25) is 19.8 Å². The van der Waals surface area contributed by atoms with Crippen molar-refractivity contribution in [1.82, 2.24) is 5.32 Å². The van der Waals surface area contributed by atoms with Gasteiger partial charge in [-0.1, -0.05) is 23.8 Å². The molecule has 1 aliphatic carbocycles. The number of anilines is 1. The summed E-state index contributed by atoms with van der Waals surface area (Å²) < 4.78 is 91.2. The predicted molar refractivity (Wildman–Crippen MR) is 148 cm³/mol. The lowest BCUT2D eigenvalue weighted by Gasteiger charge is -2.43. The summed E-state index contributed by atoms with van der Waals surface area (Å²) in [5, 5.41) is 2.58. The Morgan fingerprint density at radius 1 is 1.00 bits per heavy atom. The maximum absolute atomic E-state index is 14.6. The molecule has 1 saturated heterocycles. The second-order valence-corrected chi connectivity index (χ2v) is 10.6. The van der Waals surface area contributed by atoms with E-state index < -0.39 is 42.6 Å². The highest BCUT2D eigenvalue weighted by Gasteiger charge is 2.57. The van der Waals surface area contributed by atoms with Gasteiger partial charge in [0.2, 0.25) is 5.91 Å². The number of ether oxygens (including phenoxy) is 2. The number of carbonyl (C=O) groups excluding carboxylic acids is 2. The summed E-state index contributed by atoms with van der Waals surface area (Å²) in [7, 11) is 1.48. The second kappa shape index (κ2) is 12.8. The van der Waals surface area contributed by atoms with Gasteiger partial charge in [0.05, 0.1) is 25.3 Å². The molecule has 6 nitrogen and oxygen atoms in total. The third-order valence-electron chi connectivity index (χ3n) is 7.61. The Morgan fingerprint density at radius 3 is 2.19 bits per heavy atom. The number of alkyl halides is 6. The molecule has 4 rings (SSSR count). The third kappa shape index (κ3) is 7.41. The molecule has 1 N–H and O–H groups in total. The van der Waals surface area contributed by atoms with Gasteiger partial charge in [0.25, 0.3) is 0 Å². The topological polar surface area (TPSA) is 67.9 Å². The van der Waals surface area contributed by atoms with Crippen molar-refractivity contribution in [2.45, 2.75) is 56.9 Å². The van der Waals surface area contributed by atoms with Gasteiger partial charge in [-0.15, -0.1) is 0 Å². The van der Waals surface area contributed by atoms with E-state index in [1.54, 1.807) is 43.3 Å². The summed E-state index contributed by atoms with van der Waals surface area (Å²) >= 11 is 0. The number of ketones is 1. The Kier molecular flexibility index (Phi) is 9.58. The smallest absolute Gasteiger partial charge is 0.410 e. The van der Waals surface area contributed by atoms with Gasteiger partial charge in [-0.2, -0.15) is 26.3 Å². The minimum atomic E-state index is -4.73. The number of piperidine rings is 1. The van der Waals surface area contributed by atoms with Crippen molar-refractivity contribution in [2.75, 3.05) is 25.2 Å².